The summed E-state index contributed by atoms with van der Waals surface area (Å²) in [5.41, 5.74) is 0. The fraction of sp³-hybridized carbons (Fsp3) is 0.720. The maximum Gasteiger partial charge on any atom is 0.306 e. The Morgan fingerprint density at radius 1 is 0.259 bits per heavy atom. The zero-order valence-corrected chi connectivity index (χ0v) is 53.3. The van der Waals surface area contributed by atoms with Crippen LogP contribution in [0.1, 0.15) is 329 Å². The van der Waals surface area contributed by atoms with Gasteiger partial charge in [0.05, 0.1) is 0 Å². The number of carbonyl (C=O) groups excluding carboxylic acids is 3. The lowest BCUT2D eigenvalue weighted by Gasteiger charge is -2.18. The molecule has 1 unspecified atom stereocenters. The highest BCUT2D eigenvalue weighted by Crippen LogP contribution is 2.16. The van der Waals surface area contributed by atoms with Gasteiger partial charge in [0.2, 0.25) is 0 Å². The number of carbonyl (C=O) groups is 3. The zero-order valence-electron chi connectivity index (χ0n) is 53.3. The second-order valence-electron chi connectivity index (χ2n) is 22.7. The smallest absolute Gasteiger partial charge is 0.306 e. The summed E-state index contributed by atoms with van der Waals surface area (Å²) in [6, 6.07) is 0. The molecule has 1 atom stereocenters. The second kappa shape index (κ2) is 68.6. The van der Waals surface area contributed by atoms with Gasteiger partial charge in [0.15, 0.2) is 6.10 Å². The van der Waals surface area contributed by atoms with Crippen LogP contribution in [0.2, 0.25) is 0 Å². The van der Waals surface area contributed by atoms with Crippen LogP contribution < -0.4 is 0 Å². The monoisotopic (exact) mass is 1120 g/mol. The minimum atomic E-state index is -0.782. The standard InChI is InChI=1S/C75H128O6/c1-4-7-10-13-16-19-21-23-25-27-29-31-33-34-35-36-37-38-39-40-42-43-45-47-49-51-53-56-59-62-65-68-74(77)80-71-72(70-79-73(76)67-64-61-58-55-18-15-12-9-6-3)81-75(78)69-66-63-60-57-54-52-50-48-46-44-41-32-30-28-26-24-22-20-17-14-11-8-5-2/h7,10,16,19,22-25,28-31,34-35,37-38,41,44,72H,4-6,8-9,11-15,17-18,20-21,26-27,32-33,36,39-40,42-43,45-71H2,1-3H3/b10-7-,19-16-,24-22-,25-23-,30-28-,31-29-,35-34-,38-37-,44-41-. The van der Waals surface area contributed by atoms with Crippen molar-refractivity contribution in [1.82, 2.24) is 0 Å². The van der Waals surface area contributed by atoms with E-state index in [1.165, 1.54) is 173 Å². The van der Waals surface area contributed by atoms with Gasteiger partial charge in [0, 0.05) is 19.3 Å². The summed E-state index contributed by atoms with van der Waals surface area (Å²) in [6.45, 7) is 6.51. The Kier molecular flexibility index (Phi) is 65.2. The van der Waals surface area contributed by atoms with Crippen LogP contribution in [0.3, 0.4) is 0 Å². The number of esters is 3. The number of hydrogen-bond acceptors (Lipinski definition) is 6. The summed E-state index contributed by atoms with van der Waals surface area (Å²) >= 11 is 0. The second-order valence-corrected chi connectivity index (χ2v) is 22.7. The van der Waals surface area contributed by atoms with Crippen molar-refractivity contribution >= 4 is 17.9 Å². The molecule has 0 saturated carbocycles. The Morgan fingerprint density at radius 2 is 0.481 bits per heavy atom. The van der Waals surface area contributed by atoms with E-state index in [1.807, 2.05) is 0 Å². The molecule has 0 aromatic heterocycles. The van der Waals surface area contributed by atoms with Crippen LogP contribution in [-0.2, 0) is 28.6 Å². The normalized spacial score (nSPS) is 12.8. The van der Waals surface area contributed by atoms with Gasteiger partial charge in [-0.3, -0.25) is 14.4 Å². The maximum absolute atomic E-state index is 12.9. The predicted octanol–water partition coefficient (Wildman–Crippen LogP) is 23.8. The van der Waals surface area contributed by atoms with Gasteiger partial charge in [0.25, 0.3) is 0 Å². The Labute approximate surface area is 501 Å². The average molecular weight is 1130 g/mol. The summed E-state index contributed by atoms with van der Waals surface area (Å²) in [4.78, 5) is 38.3. The molecule has 0 aromatic rings. The molecule has 0 saturated heterocycles. The highest BCUT2D eigenvalue weighted by molar-refractivity contribution is 5.71. The third-order valence-corrected chi connectivity index (χ3v) is 14.8. The van der Waals surface area contributed by atoms with E-state index in [1.54, 1.807) is 0 Å². The highest BCUT2D eigenvalue weighted by Gasteiger charge is 2.19. The van der Waals surface area contributed by atoms with E-state index in [9.17, 15) is 14.4 Å². The average Bonchev–Trinajstić information content (AvgIpc) is 3.47. The minimum absolute atomic E-state index is 0.0790. The van der Waals surface area contributed by atoms with Gasteiger partial charge in [0.1, 0.15) is 13.2 Å². The molecule has 81 heavy (non-hydrogen) atoms. The Hall–Kier alpha value is -3.93. The first-order chi connectivity index (χ1) is 40.0. The highest BCUT2D eigenvalue weighted by atomic mass is 16.6. The molecule has 0 aliphatic carbocycles. The first-order valence-electron chi connectivity index (χ1n) is 34.4. The fourth-order valence-electron chi connectivity index (χ4n) is 9.63. The minimum Gasteiger partial charge on any atom is -0.462 e. The largest absolute Gasteiger partial charge is 0.462 e. The van der Waals surface area contributed by atoms with Gasteiger partial charge < -0.3 is 14.2 Å². The van der Waals surface area contributed by atoms with Crippen LogP contribution in [0.5, 0.6) is 0 Å². The summed E-state index contributed by atoms with van der Waals surface area (Å²) in [5.74, 6) is -0.880. The van der Waals surface area contributed by atoms with Crippen LogP contribution >= 0.6 is 0 Å². The molecule has 0 aromatic carbocycles. The topological polar surface area (TPSA) is 78.9 Å². The lowest BCUT2D eigenvalue weighted by molar-refractivity contribution is -0.167. The predicted molar refractivity (Wildman–Crippen MR) is 353 cm³/mol. The van der Waals surface area contributed by atoms with Crippen LogP contribution in [0.4, 0.5) is 0 Å². The molecule has 0 radical (unpaired) electrons. The van der Waals surface area contributed by atoms with Crippen molar-refractivity contribution in [2.45, 2.75) is 335 Å². The third-order valence-electron chi connectivity index (χ3n) is 14.8. The number of unbranched alkanes of at least 4 members (excludes halogenated alkanes) is 33. The molecule has 0 aliphatic heterocycles. The van der Waals surface area contributed by atoms with Crippen molar-refractivity contribution in [2.75, 3.05) is 13.2 Å². The van der Waals surface area contributed by atoms with Crippen molar-refractivity contribution in [2.24, 2.45) is 0 Å². The van der Waals surface area contributed by atoms with E-state index >= 15 is 0 Å². The van der Waals surface area contributed by atoms with Crippen LogP contribution in [-0.4, -0.2) is 37.2 Å². The third kappa shape index (κ3) is 66.8. The quantitative estimate of drug-likeness (QED) is 0.0261. The Balaban J connectivity index is 4.19. The van der Waals surface area contributed by atoms with Crippen LogP contribution in [0, 0.1) is 0 Å². The molecule has 0 bridgehead atoms. The summed E-state index contributed by atoms with van der Waals surface area (Å²) in [7, 11) is 0. The van der Waals surface area contributed by atoms with Gasteiger partial charge in [-0.15, -0.1) is 0 Å². The van der Waals surface area contributed by atoms with Gasteiger partial charge in [-0.2, -0.15) is 0 Å². The molecule has 0 amide bonds. The van der Waals surface area contributed by atoms with E-state index in [0.717, 1.165) is 116 Å². The van der Waals surface area contributed by atoms with E-state index in [-0.39, 0.29) is 31.1 Å². The van der Waals surface area contributed by atoms with Gasteiger partial charge in [-0.1, -0.05) is 310 Å². The molecule has 0 spiro atoms. The first kappa shape index (κ1) is 77.1. The number of ether oxygens (including phenoxy) is 3. The lowest BCUT2D eigenvalue weighted by Crippen LogP contribution is -2.30. The van der Waals surface area contributed by atoms with Crippen molar-refractivity contribution in [3.8, 4) is 0 Å². The molecule has 6 heteroatoms. The van der Waals surface area contributed by atoms with Crippen molar-refractivity contribution < 1.29 is 28.6 Å². The summed E-state index contributed by atoms with van der Waals surface area (Å²) in [6.07, 6.45) is 94.0. The van der Waals surface area contributed by atoms with Crippen molar-refractivity contribution in [3.63, 3.8) is 0 Å². The summed E-state index contributed by atoms with van der Waals surface area (Å²) in [5, 5.41) is 0. The number of hydrogen-bond donors (Lipinski definition) is 0. The molecule has 6 nitrogen and oxygen atoms in total. The lowest BCUT2D eigenvalue weighted by atomic mass is 10.0. The Bertz CT molecular complexity index is 1620. The molecule has 0 fully saturated rings. The first-order valence-corrected chi connectivity index (χ1v) is 34.4. The van der Waals surface area contributed by atoms with Crippen LogP contribution in [0.15, 0.2) is 109 Å². The van der Waals surface area contributed by atoms with Gasteiger partial charge in [-0.25, -0.2) is 0 Å². The molecular formula is C75H128O6. The molecular weight excluding hydrogens is 997 g/mol. The van der Waals surface area contributed by atoms with E-state index in [4.69, 9.17) is 14.2 Å². The number of rotatable bonds is 62. The fourth-order valence-corrected chi connectivity index (χ4v) is 9.63. The van der Waals surface area contributed by atoms with Crippen LogP contribution in [0.25, 0.3) is 0 Å². The zero-order chi connectivity index (χ0) is 58.5. The van der Waals surface area contributed by atoms with Crippen molar-refractivity contribution in [1.29, 1.82) is 0 Å². The molecule has 0 aliphatic rings. The molecule has 0 N–H and O–H groups in total. The van der Waals surface area contributed by atoms with Crippen molar-refractivity contribution in [3.05, 3.63) is 109 Å². The molecule has 0 heterocycles. The van der Waals surface area contributed by atoms with E-state index < -0.39 is 6.10 Å². The SMILES string of the molecule is CC/C=C\C/C=C\C/C=C\C/C=C\C/C=C\C/C=C\CCCCCCCCCCCCCCC(=O)OCC(COC(=O)CCCCCCCCCCC)OC(=O)CCCCCCCCCC/C=C\C/C=C\C/C=C\CCCCCCC. The molecule has 0 rings (SSSR count). The van der Waals surface area contributed by atoms with Gasteiger partial charge in [-0.05, 0) is 109 Å². The number of allylic oxidation sites excluding steroid dienone is 18. The van der Waals surface area contributed by atoms with E-state index in [2.05, 4.69) is 130 Å². The maximum atomic E-state index is 12.9. The van der Waals surface area contributed by atoms with Gasteiger partial charge >= 0.3 is 17.9 Å². The summed E-state index contributed by atoms with van der Waals surface area (Å²) < 4.78 is 16.9. The molecule has 464 valence electrons. The van der Waals surface area contributed by atoms with E-state index in [0.29, 0.717) is 19.3 Å². The Morgan fingerprint density at radius 3 is 0.753 bits per heavy atom.